The molecule has 24 heavy (non-hydrogen) atoms. The van der Waals surface area contributed by atoms with Crippen molar-refractivity contribution in [3.63, 3.8) is 0 Å². The van der Waals surface area contributed by atoms with Crippen molar-refractivity contribution in [3.8, 4) is 0 Å². The molecule has 2 fully saturated rings. The maximum Gasteiger partial charge on any atom is 0.167 e. The van der Waals surface area contributed by atoms with Gasteiger partial charge in [-0.15, -0.1) is 0 Å². The largest absolute Gasteiger partial charge is 0.360 e. The fourth-order valence-corrected chi connectivity index (χ4v) is 5.37. The Morgan fingerprint density at radius 2 is 2.04 bits per heavy atom. The molecule has 2 saturated carbocycles. The van der Waals surface area contributed by atoms with E-state index >= 15 is 0 Å². The number of hydrogen-bond acceptors (Lipinski definition) is 2. The van der Waals surface area contributed by atoms with Gasteiger partial charge >= 0.3 is 0 Å². The van der Waals surface area contributed by atoms with Gasteiger partial charge < -0.3 is 10.6 Å². The Morgan fingerprint density at radius 1 is 1.21 bits per heavy atom. The molecule has 2 bridgehead atoms. The van der Waals surface area contributed by atoms with E-state index in [1.54, 1.807) is 0 Å². The zero-order chi connectivity index (χ0) is 16.9. The van der Waals surface area contributed by atoms with E-state index < -0.39 is 0 Å². The molecule has 4 nitrogen and oxygen atoms in total. The fraction of sp³-hybridized carbons (Fsp3) is 0.789. The lowest BCUT2D eigenvalue weighted by molar-refractivity contribution is 0.336. The molecule has 0 radical (unpaired) electrons. The van der Waals surface area contributed by atoms with Crippen LogP contribution in [0, 0.1) is 11.8 Å². The lowest BCUT2D eigenvalue weighted by atomic mass is 9.92. The number of nitrogens with one attached hydrogen (secondary N) is 2. The molecule has 0 aromatic carbocycles. The average molecular weight is 347 g/mol. The highest BCUT2D eigenvalue weighted by atomic mass is 32.1. The molecule has 1 aromatic heterocycles. The molecule has 132 valence electrons. The minimum absolute atomic E-state index is 0.0390. The molecule has 0 unspecified atom stereocenters. The number of aromatic nitrogens is 2. The van der Waals surface area contributed by atoms with Gasteiger partial charge in [0.05, 0.1) is 17.8 Å². The van der Waals surface area contributed by atoms with E-state index in [-0.39, 0.29) is 5.54 Å². The SMILES string of the molecule is CC(C)(C)n1ncc2c1CCC[C@H]2NC(=S)N[C@@H]1C[C@H]2CC[C@H]1C2. The average Bonchev–Trinajstić information content (AvgIpc) is 3.20. The van der Waals surface area contributed by atoms with Gasteiger partial charge in [-0.3, -0.25) is 4.68 Å². The van der Waals surface area contributed by atoms with Crippen LogP contribution in [0.3, 0.4) is 0 Å². The number of nitrogens with zero attached hydrogens (tertiary/aromatic N) is 2. The minimum atomic E-state index is 0.0390. The van der Waals surface area contributed by atoms with Crippen LogP contribution in [0.4, 0.5) is 0 Å². The van der Waals surface area contributed by atoms with Crippen LogP contribution >= 0.6 is 12.2 Å². The summed E-state index contributed by atoms with van der Waals surface area (Å²) < 4.78 is 2.20. The van der Waals surface area contributed by atoms with Crippen molar-refractivity contribution in [1.29, 1.82) is 0 Å². The van der Waals surface area contributed by atoms with Crippen LogP contribution in [0.2, 0.25) is 0 Å². The second-order valence-electron chi connectivity index (χ2n) is 8.97. The molecule has 0 amide bonds. The van der Waals surface area contributed by atoms with Crippen LogP contribution in [-0.2, 0) is 12.0 Å². The van der Waals surface area contributed by atoms with Gasteiger partial charge in [0.1, 0.15) is 0 Å². The molecule has 0 saturated heterocycles. The van der Waals surface area contributed by atoms with E-state index in [0.29, 0.717) is 12.1 Å². The van der Waals surface area contributed by atoms with Gasteiger partial charge in [0.15, 0.2) is 5.11 Å². The number of thiocarbonyl (C=S) groups is 1. The standard InChI is InChI=1S/C19H30N4S/c1-19(2,3)23-17-6-4-5-15(14(17)11-20-23)21-18(24)22-16-10-12-7-8-13(16)9-12/h11-13,15-16H,4-10H2,1-3H3,(H2,21,22,24)/t12-,13-,15+,16+/m0/s1. The number of fused-ring (bicyclic) bond motifs is 3. The number of rotatable bonds is 2. The Kier molecular flexibility index (Phi) is 4.10. The summed E-state index contributed by atoms with van der Waals surface area (Å²) in [6.45, 7) is 6.66. The molecular weight excluding hydrogens is 316 g/mol. The Labute approximate surface area is 150 Å². The van der Waals surface area contributed by atoms with Crippen LogP contribution in [0.15, 0.2) is 6.20 Å². The van der Waals surface area contributed by atoms with Crippen molar-refractivity contribution < 1.29 is 0 Å². The van der Waals surface area contributed by atoms with Crippen LogP contribution in [0.25, 0.3) is 0 Å². The highest BCUT2D eigenvalue weighted by molar-refractivity contribution is 7.80. The van der Waals surface area contributed by atoms with Gasteiger partial charge in [-0.2, -0.15) is 5.10 Å². The van der Waals surface area contributed by atoms with Crippen molar-refractivity contribution in [2.24, 2.45) is 11.8 Å². The molecule has 3 aliphatic carbocycles. The summed E-state index contributed by atoms with van der Waals surface area (Å²) in [5.41, 5.74) is 2.76. The van der Waals surface area contributed by atoms with E-state index in [1.807, 2.05) is 0 Å². The Balaban J connectivity index is 1.43. The first-order valence-corrected chi connectivity index (χ1v) is 9.97. The normalized spacial score (nSPS) is 31.8. The molecule has 2 N–H and O–H groups in total. The lowest BCUT2D eigenvalue weighted by Crippen LogP contribution is -2.45. The monoisotopic (exact) mass is 346 g/mol. The number of hydrogen-bond donors (Lipinski definition) is 2. The first kappa shape index (κ1) is 16.4. The van der Waals surface area contributed by atoms with Crippen molar-refractivity contribution in [2.45, 2.75) is 83.3 Å². The Morgan fingerprint density at radius 3 is 2.71 bits per heavy atom. The summed E-state index contributed by atoms with van der Waals surface area (Å²) >= 11 is 5.65. The van der Waals surface area contributed by atoms with Crippen LogP contribution in [-0.4, -0.2) is 20.9 Å². The van der Waals surface area contributed by atoms with Crippen LogP contribution < -0.4 is 10.6 Å². The molecule has 3 aliphatic rings. The van der Waals surface area contributed by atoms with Gasteiger partial charge in [0.2, 0.25) is 0 Å². The Hall–Kier alpha value is -1.10. The van der Waals surface area contributed by atoms with Crippen molar-refractivity contribution in [2.75, 3.05) is 0 Å². The van der Waals surface area contributed by atoms with Crippen molar-refractivity contribution in [1.82, 2.24) is 20.4 Å². The molecule has 5 heteroatoms. The molecule has 1 aromatic rings. The van der Waals surface area contributed by atoms with Crippen molar-refractivity contribution >= 4 is 17.3 Å². The van der Waals surface area contributed by atoms with Gasteiger partial charge in [-0.05, 0) is 83.3 Å². The summed E-state index contributed by atoms with van der Waals surface area (Å²) in [6.07, 6.45) is 11.0. The summed E-state index contributed by atoms with van der Waals surface area (Å²) in [4.78, 5) is 0. The maximum atomic E-state index is 5.65. The van der Waals surface area contributed by atoms with Gasteiger partial charge in [0, 0.05) is 17.3 Å². The van der Waals surface area contributed by atoms with Crippen molar-refractivity contribution in [3.05, 3.63) is 17.5 Å². The van der Waals surface area contributed by atoms with Crippen LogP contribution in [0.1, 0.15) is 76.6 Å². The van der Waals surface area contributed by atoms with E-state index in [9.17, 15) is 0 Å². The first-order chi connectivity index (χ1) is 11.4. The van der Waals surface area contributed by atoms with E-state index in [0.717, 1.165) is 29.8 Å². The lowest BCUT2D eigenvalue weighted by Gasteiger charge is -2.30. The molecule has 1 heterocycles. The molecule has 0 aliphatic heterocycles. The predicted octanol–water partition coefficient (Wildman–Crippen LogP) is 3.67. The zero-order valence-corrected chi connectivity index (χ0v) is 16.0. The maximum absolute atomic E-state index is 5.65. The smallest absolute Gasteiger partial charge is 0.167 e. The summed E-state index contributed by atoms with van der Waals surface area (Å²) in [5.74, 6) is 1.79. The summed E-state index contributed by atoms with van der Waals surface area (Å²) in [7, 11) is 0. The van der Waals surface area contributed by atoms with E-state index in [4.69, 9.17) is 12.2 Å². The highest BCUT2D eigenvalue weighted by Crippen LogP contribution is 2.44. The molecule has 4 atom stereocenters. The second-order valence-corrected chi connectivity index (χ2v) is 9.38. The summed E-state index contributed by atoms with van der Waals surface area (Å²) in [6, 6.07) is 0.910. The minimum Gasteiger partial charge on any atom is -0.360 e. The van der Waals surface area contributed by atoms with Gasteiger partial charge in [0.25, 0.3) is 0 Å². The highest BCUT2D eigenvalue weighted by Gasteiger charge is 2.40. The first-order valence-electron chi connectivity index (χ1n) is 9.56. The van der Waals surface area contributed by atoms with Crippen LogP contribution in [0.5, 0.6) is 0 Å². The second kappa shape index (κ2) is 6.01. The van der Waals surface area contributed by atoms with Gasteiger partial charge in [-0.1, -0.05) is 6.42 Å². The zero-order valence-electron chi connectivity index (χ0n) is 15.1. The quantitative estimate of drug-likeness (QED) is 0.802. The topological polar surface area (TPSA) is 41.9 Å². The third-order valence-corrected chi connectivity index (χ3v) is 6.41. The van der Waals surface area contributed by atoms with E-state index in [2.05, 4.69) is 47.4 Å². The Bertz CT molecular complexity index is 630. The van der Waals surface area contributed by atoms with E-state index in [1.165, 1.54) is 43.4 Å². The molecule has 0 spiro atoms. The molecular formula is C19H30N4S. The fourth-order valence-electron chi connectivity index (χ4n) is 5.07. The summed E-state index contributed by atoms with van der Waals surface area (Å²) in [5, 5.41) is 12.7. The predicted molar refractivity (Wildman–Crippen MR) is 101 cm³/mol. The third-order valence-electron chi connectivity index (χ3n) is 6.18. The third kappa shape index (κ3) is 2.96. The van der Waals surface area contributed by atoms with Gasteiger partial charge in [-0.25, -0.2) is 0 Å². The molecule has 4 rings (SSSR count).